The summed E-state index contributed by atoms with van der Waals surface area (Å²) in [7, 11) is 2.02. The van der Waals surface area contributed by atoms with Gasteiger partial charge in [0.05, 0.1) is 0 Å². The number of phenols is 1. The van der Waals surface area contributed by atoms with Gasteiger partial charge >= 0.3 is 0 Å². The molecule has 0 fully saturated rings. The summed E-state index contributed by atoms with van der Waals surface area (Å²) in [4.78, 5) is 2.14. The molecule has 17 heavy (non-hydrogen) atoms. The van der Waals surface area contributed by atoms with Crippen LogP contribution in [0.1, 0.15) is 24.8 Å². The largest absolute Gasteiger partial charge is 0.508 e. The van der Waals surface area contributed by atoms with Gasteiger partial charge in [-0.2, -0.15) is 0 Å². The van der Waals surface area contributed by atoms with E-state index < -0.39 is 0 Å². The Morgan fingerprint density at radius 1 is 1.24 bits per heavy atom. The summed E-state index contributed by atoms with van der Waals surface area (Å²) < 4.78 is 0. The zero-order valence-corrected chi connectivity index (χ0v) is 10.4. The molecule has 4 heteroatoms. The Bertz CT molecular complexity index is 342. The van der Waals surface area contributed by atoms with Gasteiger partial charge in [-0.3, -0.25) is 0 Å². The first-order valence-electron chi connectivity index (χ1n) is 6.00. The normalized spacial score (nSPS) is 11.0. The van der Waals surface area contributed by atoms with Gasteiger partial charge < -0.3 is 20.8 Å². The van der Waals surface area contributed by atoms with Gasteiger partial charge in [-0.1, -0.05) is 0 Å². The van der Waals surface area contributed by atoms with Gasteiger partial charge in [0.25, 0.3) is 0 Å². The van der Waals surface area contributed by atoms with Gasteiger partial charge in [-0.25, -0.2) is 0 Å². The van der Waals surface area contributed by atoms with Gasteiger partial charge in [0, 0.05) is 24.4 Å². The summed E-state index contributed by atoms with van der Waals surface area (Å²) in [6.07, 6.45) is 2.95. The second-order valence-electron chi connectivity index (χ2n) is 4.41. The Morgan fingerprint density at radius 3 is 2.71 bits per heavy atom. The topological polar surface area (TPSA) is 69.7 Å². The molecule has 0 aliphatic carbocycles. The molecular weight excluding hydrogens is 216 g/mol. The number of aromatic hydroxyl groups is 1. The van der Waals surface area contributed by atoms with Crippen LogP contribution in [0.5, 0.6) is 5.75 Å². The fraction of sp³-hybridized carbons (Fsp3) is 0.538. The van der Waals surface area contributed by atoms with Crippen molar-refractivity contribution in [3.63, 3.8) is 0 Å². The first kappa shape index (κ1) is 13.8. The average Bonchev–Trinajstić information content (AvgIpc) is 2.29. The molecule has 96 valence electrons. The number of anilines is 1. The minimum Gasteiger partial charge on any atom is -0.508 e. The molecule has 0 radical (unpaired) electrons. The number of aliphatic hydroxyl groups is 1. The van der Waals surface area contributed by atoms with Crippen LogP contribution in [0.15, 0.2) is 18.2 Å². The molecule has 1 rings (SSSR count). The van der Waals surface area contributed by atoms with Crippen LogP contribution in [-0.2, 0) is 6.54 Å². The predicted octanol–water partition coefficient (Wildman–Crippen LogP) is 1.57. The maximum absolute atomic E-state index is 9.68. The lowest BCUT2D eigenvalue weighted by molar-refractivity contribution is 0.270. The van der Waals surface area contributed by atoms with Gasteiger partial charge in [-0.05, 0) is 51.1 Å². The van der Waals surface area contributed by atoms with Crippen molar-refractivity contribution < 1.29 is 10.2 Å². The van der Waals surface area contributed by atoms with Gasteiger partial charge in [0.15, 0.2) is 0 Å². The molecule has 1 aromatic carbocycles. The Morgan fingerprint density at radius 2 is 2.00 bits per heavy atom. The molecule has 0 amide bonds. The second kappa shape index (κ2) is 7.14. The summed E-state index contributed by atoms with van der Waals surface area (Å²) in [6.45, 7) is 1.91. The maximum atomic E-state index is 9.68. The minimum atomic E-state index is 0.264. The number of benzene rings is 1. The summed E-state index contributed by atoms with van der Waals surface area (Å²) >= 11 is 0. The minimum absolute atomic E-state index is 0.264. The highest BCUT2D eigenvalue weighted by Crippen LogP contribution is 2.21. The van der Waals surface area contributed by atoms with Crippen molar-refractivity contribution in [3.8, 4) is 5.75 Å². The molecule has 0 saturated heterocycles. The molecule has 0 aliphatic heterocycles. The quantitative estimate of drug-likeness (QED) is 0.383. The number of nitrogens with two attached hydrogens (primary N) is 1. The van der Waals surface area contributed by atoms with Crippen LogP contribution in [-0.4, -0.2) is 35.3 Å². The Balaban J connectivity index is 2.39. The van der Waals surface area contributed by atoms with E-state index in [-0.39, 0.29) is 6.61 Å². The Labute approximate surface area is 103 Å². The molecule has 0 atom stereocenters. The highest BCUT2D eigenvalue weighted by Gasteiger charge is 2.05. The third kappa shape index (κ3) is 5.06. The Hall–Kier alpha value is -1.26. The fourth-order valence-corrected chi connectivity index (χ4v) is 1.77. The van der Waals surface area contributed by atoms with Crippen molar-refractivity contribution in [2.75, 3.05) is 25.9 Å². The lowest BCUT2D eigenvalue weighted by Crippen LogP contribution is -2.19. The first-order chi connectivity index (χ1) is 8.13. The summed E-state index contributed by atoms with van der Waals surface area (Å²) in [5, 5.41) is 18.4. The molecule has 0 unspecified atom stereocenters. The van der Waals surface area contributed by atoms with E-state index in [2.05, 4.69) is 4.90 Å². The van der Waals surface area contributed by atoms with Crippen LogP contribution in [0.25, 0.3) is 0 Å². The summed E-state index contributed by atoms with van der Waals surface area (Å²) in [5.41, 5.74) is 7.21. The lowest BCUT2D eigenvalue weighted by atomic mass is 10.1. The van der Waals surface area contributed by atoms with Crippen LogP contribution in [0, 0.1) is 0 Å². The van der Waals surface area contributed by atoms with Crippen LogP contribution >= 0.6 is 0 Å². The molecule has 1 aromatic rings. The molecule has 4 nitrogen and oxygen atoms in total. The van der Waals surface area contributed by atoms with Crippen LogP contribution < -0.4 is 5.73 Å². The molecule has 0 bridgehead atoms. The van der Waals surface area contributed by atoms with E-state index in [0.29, 0.717) is 18.0 Å². The number of nitrogen functional groups attached to an aromatic ring is 1. The highest BCUT2D eigenvalue weighted by atomic mass is 16.3. The van der Waals surface area contributed by atoms with Crippen molar-refractivity contribution in [3.05, 3.63) is 23.8 Å². The zero-order valence-electron chi connectivity index (χ0n) is 10.4. The molecular formula is C13H22N2O2. The van der Waals surface area contributed by atoms with Crippen molar-refractivity contribution in [1.82, 2.24) is 4.90 Å². The number of nitrogens with zero attached hydrogens (tertiary/aromatic N) is 1. The third-order valence-corrected chi connectivity index (χ3v) is 2.74. The van der Waals surface area contributed by atoms with Gasteiger partial charge in [-0.15, -0.1) is 0 Å². The average molecular weight is 238 g/mol. The smallest absolute Gasteiger partial charge is 0.120 e. The fourth-order valence-electron chi connectivity index (χ4n) is 1.77. The molecule has 0 heterocycles. The zero-order chi connectivity index (χ0) is 12.7. The van der Waals surface area contributed by atoms with E-state index in [9.17, 15) is 5.11 Å². The van der Waals surface area contributed by atoms with E-state index in [1.54, 1.807) is 18.2 Å². The van der Waals surface area contributed by atoms with Crippen molar-refractivity contribution in [1.29, 1.82) is 0 Å². The molecule has 0 spiro atoms. The molecule has 0 saturated carbocycles. The maximum Gasteiger partial charge on any atom is 0.120 e. The van der Waals surface area contributed by atoms with Crippen molar-refractivity contribution in [2.45, 2.75) is 25.8 Å². The lowest BCUT2D eigenvalue weighted by Gasteiger charge is -2.17. The number of hydrogen-bond acceptors (Lipinski definition) is 4. The van der Waals surface area contributed by atoms with Crippen molar-refractivity contribution in [2.24, 2.45) is 0 Å². The molecule has 0 aromatic heterocycles. The van der Waals surface area contributed by atoms with Crippen LogP contribution in [0.4, 0.5) is 5.69 Å². The number of unbranched alkanes of at least 4 members (excludes halogenated alkanes) is 2. The highest BCUT2D eigenvalue weighted by molar-refractivity contribution is 5.47. The predicted molar refractivity (Wildman–Crippen MR) is 69.8 cm³/mol. The molecule has 4 N–H and O–H groups in total. The van der Waals surface area contributed by atoms with Crippen LogP contribution in [0.3, 0.4) is 0 Å². The summed E-state index contributed by atoms with van der Waals surface area (Å²) in [6, 6.07) is 5.13. The molecule has 0 aliphatic rings. The standard InChI is InChI=1S/C13H22N2O2/c1-15(7-3-2-4-8-16)10-11-9-12(14)5-6-13(11)17/h5-6,9,16-17H,2-4,7-8,10,14H2,1H3. The van der Waals surface area contributed by atoms with Gasteiger partial charge in [0.2, 0.25) is 0 Å². The number of phenolic OH excluding ortho intramolecular Hbond substituents is 1. The third-order valence-electron chi connectivity index (χ3n) is 2.74. The SMILES string of the molecule is CN(CCCCCO)Cc1cc(N)ccc1O. The van der Waals surface area contributed by atoms with E-state index in [4.69, 9.17) is 10.8 Å². The number of rotatable bonds is 7. The van der Waals surface area contributed by atoms with E-state index in [1.807, 2.05) is 7.05 Å². The van der Waals surface area contributed by atoms with E-state index >= 15 is 0 Å². The van der Waals surface area contributed by atoms with Crippen molar-refractivity contribution >= 4 is 5.69 Å². The second-order valence-corrected chi connectivity index (χ2v) is 4.41. The van der Waals surface area contributed by atoms with Gasteiger partial charge in [0.1, 0.15) is 5.75 Å². The number of aliphatic hydroxyl groups excluding tert-OH is 1. The first-order valence-corrected chi connectivity index (χ1v) is 6.00. The van der Waals surface area contributed by atoms with Crippen LogP contribution in [0.2, 0.25) is 0 Å². The van der Waals surface area contributed by atoms with E-state index in [1.165, 1.54) is 0 Å². The number of hydrogen-bond donors (Lipinski definition) is 3. The Kier molecular flexibility index (Phi) is 5.80. The van der Waals surface area contributed by atoms with E-state index in [0.717, 1.165) is 31.4 Å². The monoisotopic (exact) mass is 238 g/mol. The summed E-state index contributed by atoms with van der Waals surface area (Å²) in [5.74, 6) is 0.293.